The van der Waals surface area contributed by atoms with Gasteiger partial charge in [0.25, 0.3) is 0 Å². The van der Waals surface area contributed by atoms with Crippen LogP contribution in [0.15, 0.2) is 12.4 Å². The first-order chi connectivity index (χ1) is 7.77. The van der Waals surface area contributed by atoms with Crippen LogP contribution in [0.2, 0.25) is 0 Å². The van der Waals surface area contributed by atoms with Gasteiger partial charge in [-0.2, -0.15) is 0 Å². The minimum atomic E-state index is 0.716. The molecule has 1 aromatic rings. The third kappa shape index (κ3) is 4.02. The van der Waals surface area contributed by atoms with Gasteiger partial charge in [0.1, 0.15) is 18.0 Å². The van der Waals surface area contributed by atoms with E-state index in [4.69, 9.17) is 4.74 Å². The third-order valence-corrected chi connectivity index (χ3v) is 2.18. The Kier molecular flexibility index (Phi) is 5.56. The van der Waals surface area contributed by atoms with Crippen LogP contribution in [-0.4, -0.2) is 43.3 Å². The maximum atomic E-state index is 5.30. The van der Waals surface area contributed by atoms with Gasteiger partial charge in [0.2, 0.25) is 0 Å². The van der Waals surface area contributed by atoms with Gasteiger partial charge in [0.15, 0.2) is 0 Å². The fourth-order valence-corrected chi connectivity index (χ4v) is 1.29. The first kappa shape index (κ1) is 12.7. The van der Waals surface area contributed by atoms with Crippen molar-refractivity contribution >= 4 is 11.6 Å². The topological polar surface area (TPSA) is 50.3 Å². The van der Waals surface area contributed by atoms with Gasteiger partial charge in [0, 0.05) is 32.8 Å². The number of ether oxygens (including phenoxy) is 1. The molecule has 0 aromatic carbocycles. The standard InChI is InChI=1S/C11H20N4O/c1-4-12-10-8-11(14-9-13-10)15(3)6-7-16-5-2/h8-9H,4-7H2,1-3H3,(H,12,13,14). The number of rotatable bonds is 7. The normalized spacial score (nSPS) is 10.2. The van der Waals surface area contributed by atoms with E-state index in [-0.39, 0.29) is 0 Å². The SMILES string of the molecule is CCNc1cc(N(C)CCOCC)ncn1. The van der Waals surface area contributed by atoms with E-state index in [2.05, 4.69) is 20.2 Å². The van der Waals surface area contributed by atoms with Crippen molar-refractivity contribution in [2.24, 2.45) is 0 Å². The van der Waals surface area contributed by atoms with E-state index in [0.717, 1.165) is 31.3 Å². The van der Waals surface area contributed by atoms with E-state index in [0.29, 0.717) is 6.61 Å². The van der Waals surface area contributed by atoms with Gasteiger partial charge in [-0.15, -0.1) is 0 Å². The molecule has 0 spiro atoms. The largest absolute Gasteiger partial charge is 0.380 e. The van der Waals surface area contributed by atoms with Gasteiger partial charge in [-0.1, -0.05) is 0 Å². The van der Waals surface area contributed by atoms with Crippen molar-refractivity contribution in [2.75, 3.05) is 43.6 Å². The summed E-state index contributed by atoms with van der Waals surface area (Å²) in [6, 6.07) is 1.94. The Morgan fingerprint density at radius 1 is 1.38 bits per heavy atom. The molecular weight excluding hydrogens is 204 g/mol. The molecule has 90 valence electrons. The molecule has 0 aliphatic carbocycles. The van der Waals surface area contributed by atoms with Crippen molar-refractivity contribution in [3.63, 3.8) is 0 Å². The van der Waals surface area contributed by atoms with Crippen molar-refractivity contribution < 1.29 is 4.74 Å². The zero-order valence-corrected chi connectivity index (χ0v) is 10.2. The van der Waals surface area contributed by atoms with Gasteiger partial charge in [-0.3, -0.25) is 0 Å². The van der Waals surface area contributed by atoms with E-state index >= 15 is 0 Å². The second-order valence-corrected chi connectivity index (χ2v) is 3.41. The fraction of sp³-hybridized carbons (Fsp3) is 0.636. The van der Waals surface area contributed by atoms with Crippen LogP contribution in [-0.2, 0) is 4.74 Å². The van der Waals surface area contributed by atoms with Crippen LogP contribution < -0.4 is 10.2 Å². The Balaban J connectivity index is 2.53. The van der Waals surface area contributed by atoms with E-state index in [1.165, 1.54) is 0 Å². The molecule has 0 aliphatic heterocycles. The van der Waals surface area contributed by atoms with Crippen LogP contribution in [0.1, 0.15) is 13.8 Å². The summed E-state index contributed by atoms with van der Waals surface area (Å²) in [6.45, 7) is 7.19. The molecular formula is C11H20N4O. The monoisotopic (exact) mass is 224 g/mol. The zero-order valence-electron chi connectivity index (χ0n) is 10.2. The maximum absolute atomic E-state index is 5.30. The van der Waals surface area contributed by atoms with Crippen molar-refractivity contribution in [1.82, 2.24) is 9.97 Å². The van der Waals surface area contributed by atoms with Crippen LogP contribution in [0, 0.1) is 0 Å². The molecule has 0 unspecified atom stereocenters. The minimum absolute atomic E-state index is 0.716. The third-order valence-electron chi connectivity index (χ3n) is 2.18. The molecule has 0 fully saturated rings. The zero-order chi connectivity index (χ0) is 11.8. The molecule has 1 heterocycles. The number of nitrogens with one attached hydrogen (secondary N) is 1. The van der Waals surface area contributed by atoms with E-state index in [1.54, 1.807) is 6.33 Å². The average Bonchev–Trinajstić information content (AvgIpc) is 2.30. The van der Waals surface area contributed by atoms with E-state index in [1.807, 2.05) is 27.0 Å². The van der Waals surface area contributed by atoms with Crippen LogP contribution in [0.5, 0.6) is 0 Å². The van der Waals surface area contributed by atoms with Crippen LogP contribution >= 0.6 is 0 Å². The van der Waals surface area contributed by atoms with Crippen LogP contribution in [0.25, 0.3) is 0 Å². The van der Waals surface area contributed by atoms with Gasteiger partial charge in [-0.25, -0.2) is 9.97 Å². The molecule has 1 aromatic heterocycles. The Hall–Kier alpha value is -1.36. The molecule has 5 heteroatoms. The Bertz CT molecular complexity index is 306. The first-order valence-corrected chi connectivity index (χ1v) is 5.62. The van der Waals surface area contributed by atoms with Gasteiger partial charge in [-0.05, 0) is 13.8 Å². The Morgan fingerprint density at radius 2 is 2.19 bits per heavy atom. The molecule has 0 saturated carbocycles. The summed E-state index contributed by atoms with van der Waals surface area (Å²) in [6.07, 6.45) is 1.57. The highest BCUT2D eigenvalue weighted by molar-refractivity contribution is 5.47. The smallest absolute Gasteiger partial charge is 0.133 e. The summed E-state index contributed by atoms with van der Waals surface area (Å²) in [7, 11) is 2.00. The van der Waals surface area contributed by atoms with Crippen LogP contribution in [0.3, 0.4) is 0 Å². The maximum Gasteiger partial charge on any atom is 0.133 e. The highest BCUT2D eigenvalue weighted by atomic mass is 16.5. The van der Waals surface area contributed by atoms with Crippen molar-refractivity contribution in [2.45, 2.75) is 13.8 Å². The highest BCUT2D eigenvalue weighted by Crippen LogP contribution is 2.11. The summed E-state index contributed by atoms with van der Waals surface area (Å²) < 4.78 is 5.30. The highest BCUT2D eigenvalue weighted by Gasteiger charge is 2.03. The Labute approximate surface area is 96.8 Å². The molecule has 0 saturated heterocycles. The molecule has 5 nitrogen and oxygen atoms in total. The number of anilines is 2. The quantitative estimate of drug-likeness (QED) is 0.709. The van der Waals surface area contributed by atoms with Gasteiger partial charge >= 0.3 is 0 Å². The number of nitrogens with zero attached hydrogens (tertiary/aromatic N) is 3. The minimum Gasteiger partial charge on any atom is -0.380 e. The van der Waals surface area contributed by atoms with Crippen molar-refractivity contribution in [3.8, 4) is 0 Å². The molecule has 0 atom stereocenters. The number of hydrogen-bond donors (Lipinski definition) is 1. The summed E-state index contributed by atoms with van der Waals surface area (Å²) in [5.74, 6) is 1.77. The lowest BCUT2D eigenvalue weighted by Gasteiger charge is -2.18. The molecule has 1 N–H and O–H groups in total. The summed E-state index contributed by atoms with van der Waals surface area (Å²) in [5, 5.41) is 3.16. The van der Waals surface area contributed by atoms with Crippen molar-refractivity contribution in [1.29, 1.82) is 0 Å². The summed E-state index contributed by atoms with van der Waals surface area (Å²) in [4.78, 5) is 10.4. The van der Waals surface area contributed by atoms with Gasteiger partial charge < -0.3 is 15.0 Å². The summed E-state index contributed by atoms with van der Waals surface area (Å²) in [5.41, 5.74) is 0. The molecule has 0 aliphatic rings. The van der Waals surface area contributed by atoms with Gasteiger partial charge in [0.05, 0.1) is 6.61 Å². The molecule has 1 rings (SSSR count). The number of likely N-dealkylation sites (N-methyl/N-ethyl adjacent to an activating group) is 1. The lowest BCUT2D eigenvalue weighted by molar-refractivity contribution is 0.154. The predicted octanol–water partition coefficient (Wildman–Crippen LogP) is 1.38. The van der Waals surface area contributed by atoms with Crippen molar-refractivity contribution in [3.05, 3.63) is 12.4 Å². The first-order valence-electron chi connectivity index (χ1n) is 5.62. The lowest BCUT2D eigenvalue weighted by Crippen LogP contribution is -2.23. The average molecular weight is 224 g/mol. The second-order valence-electron chi connectivity index (χ2n) is 3.41. The summed E-state index contributed by atoms with van der Waals surface area (Å²) >= 11 is 0. The van der Waals surface area contributed by atoms with Crippen LogP contribution in [0.4, 0.5) is 11.6 Å². The molecule has 0 radical (unpaired) electrons. The molecule has 16 heavy (non-hydrogen) atoms. The second kappa shape index (κ2) is 7.00. The molecule has 0 bridgehead atoms. The van der Waals surface area contributed by atoms with E-state index < -0.39 is 0 Å². The predicted molar refractivity (Wildman–Crippen MR) is 66.0 cm³/mol. The number of hydrogen-bond acceptors (Lipinski definition) is 5. The van der Waals surface area contributed by atoms with E-state index in [9.17, 15) is 0 Å². The fourth-order valence-electron chi connectivity index (χ4n) is 1.29. The lowest BCUT2D eigenvalue weighted by atomic mass is 10.4. The molecule has 0 amide bonds. The number of aromatic nitrogens is 2. The Morgan fingerprint density at radius 3 is 2.88 bits per heavy atom.